The molecule has 1 aromatic rings. The summed E-state index contributed by atoms with van der Waals surface area (Å²) in [4.78, 5) is 0. The lowest BCUT2D eigenvalue weighted by atomic mass is 10.2. The van der Waals surface area contributed by atoms with Crippen molar-refractivity contribution in [3.8, 4) is 12.3 Å². The van der Waals surface area contributed by atoms with Gasteiger partial charge in [-0.3, -0.25) is 0 Å². The zero-order chi connectivity index (χ0) is 16.6. The maximum atomic E-state index is 6.45. The molecule has 2 nitrogen and oxygen atoms in total. The molecule has 3 heteroatoms. The largest absolute Gasteiger partial charge is 0.413 e. The Bertz CT molecular complexity index is 470. The van der Waals surface area contributed by atoms with Crippen LogP contribution in [0.5, 0.6) is 0 Å². The summed E-state index contributed by atoms with van der Waals surface area (Å²) < 4.78 is 6.45. The van der Waals surface area contributed by atoms with E-state index in [1.165, 1.54) is 5.56 Å². The van der Waals surface area contributed by atoms with Crippen molar-refractivity contribution in [3.63, 3.8) is 0 Å². The molecule has 0 aliphatic rings. The van der Waals surface area contributed by atoms with Gasteiger partial charge < -0.3 is 9.74 Å². The van der Waals surface area contributed by atoms with Gasteiger partial charge in [0.05, 0.1) is 6.10 Å². The number of nitrogens with one attached hydrogen (secondary N) is 1. The van der Waals surface area contributed by atoms with Crippen LogP contribution in [-0.2, 0) is 11.0 Å². The second kappa shape index (κ2) is 8.52. The molecule has 0 fully saturated rings. The number of benzene rings is 1. The predicted octanol–water partition coefficient (Wildman–Crippen LogP) is 4.58. The minimum atomic E-state index is -1.75. The van der Waals surface area contributed by atoms with Gasteiger partial charge in [-0.15, -0.1) is 12.3 Å². The van der Waals surface area contributed by atoms with E-state index in [-0.39, 0.29) is 11.1 Å². The Morgan fingerprint density at radius 2 is 1.86 bits per heavy atom. The molecular formula is C19H31NOSi. The van der Waals surface area contributed by atoms with Crippen molar-refractivity contribution in [1.82, 2.24) is 5.32 Å². The first-order valence-corrected chi connectivity index (χ1v) is 11.0. The van der Waals surface area contributed by atoms with Gasteiger partial charge in [0.15, 0.2) is 8.32 Å². The van der Waals surface area contributed by atoms with Gasteiger partial charge in [-0.2, -0.15) is 0 Å². The first kappa shape index (κ1) is 19.0. The van der Waals surface area contributed by atoms with E-state index >= 15 is 0 Å². The molecule has 0 aromatic heterocycles. The van der Waals surface area contributed by atoms with Crippen molar-refractivity contribution >= 4 is 8.32 Å². The smallest absolute Gasteiger partial charge is 0.192 e. The van der Waals surface area contributed by atoms with Crippen LogP contribution < -0.4 is 5.32 Å². The zero-order valence-electron chi connectivity index (χ0n) is 14.8. The molecule has 1 rings (SSSR count). The molecule has 22 heavy (non-hydrogen) atoms. The fraction of sp³-hybridized carbons (Fsp3) is 0.579. The highest BCUT2D eigenvalue weighted by Crippen LogP contribution is 2.37. The summed E-state index contributed by atoms with van der Waals surface area (Å²) in [5.74, 6) is 2.77. The zero-order valence-corrected chi connectivity index (χ0v) is 15.8. The highest BCUT2D eigenvalue weighted by Gasteiger charge is 2.38. The summed E-state index contributed by atoms with van der Waals surface area (Å²) in [5, 5.41) is 3.70. The van der Waals surface area contributed by atoms with E-state index in [9.17, 15) is 0 Å². The Hall–Kier alpha value is -1.08. The second-order valence-corrected chi connectivity index (χ2v) is 12.1. The van der Waals surface area contributed by atoms with Crippen molar-refractivity contribution in [2.75, 3.05) is 6.54 Å². The lowest BCUT2D eigenvalue weighted by Crippen LogP contribution is -2.44. The molecule has 0 aliphatic heterocycles. The van der Waals surface area contributed by atoms with Gasteiger partial charge in [-0.05, 0) is 36.7 Å². The monoisotopic (exact) mass is 317 g/mol. The molecule has 0 saturated carbocycles. The average molecular weight is 318 g/mol. The Balaban J connectivity index is 2.43. The number of terminal acetylenes is 1. The van der Waals surface area contributed by atoms with E-state index in [1.54, 1.807) is 0 Å². The van der Waals surface area contributed by atoms with Crippen molar-refractivity contribution in [2.45, 2.75) is 64.4 Å². The molecule has 1 N–H and O–H groups in total. The number of hydrogen-bond donors (Lipinski definition) is 1. The lowest BCUT2D eigenvalue weighted by molar-refractivity contribution is 0.175. The van der Waals surface area contributed by atoms with Gasteiger partial charge in [-0.25, -0.2) is 0 Å². The van der Waals surface area contributed by atoms with Gasteiger partial charge in [0.25, 0.3) is 0 Å². The van der Waals surface area contributed by atoms with Gasteiger partial charge in [-0.1, -0.05) is 51.1 Å². The minimum absolute atomic E-state index is 0.161. The molecule has 0 bridgehead atoms. The third-order valence-corrected chi connectivity index (χ3v) is 8.96. The summed E-state index contributed by atoms with van der Waals surface area (Å²) in [6, 6.07) is 10.5. The Morgan fingerprint density at radius 3 is 2.41 bits per heavy atom. The molecule has 122 valence electrons. The molecule has 1 atom stereocenters. The van der Waals surface area contributed by atoms with E-state index in [4.69, 9.17) is 10.8 Å². The first-order chi connectivity index (χ1) is 10.3. The molecule has 1 aromatic carbocycles. The highest BCUT2D eigenvalue weighted by molar-refractivity contribution is 6.74. The van der Waals surface area contributed by atoms with Crippen LogP contribution in [0, 0.1) is 12.3 Å². The maximum absolute atomic E-state index is 6.45. The third-order valence-electron chi connectivity index (χ3n) is 4.43. The van der Waals surface area contributed by atoms with E-state index in [0.717, 1.165) is 19.5 Å². The van der Waals surface area contributed by atoms with Crippen LogP contribution in [0.25, 0.3) is 0 Å². The molecular weight excluding hydrogens is 286 g/mol. The summed E-state index contributed by atoms with van der Waals surface area (Å²) in [6.07, 6.45) is 7.33. The highest BCUT2D eigenvalue weighted by atomic mass is 28.4. The van der Waals surface area contributed by atoms with E-state index in [0.29, 0.717) is 6.42 Å². The summed E-state index contributed by atoms with van der Waals surface area (Å²) in [7, 11) is -1.75. The summed E-state index contributed by atoms with van der Waals surface area (Å²) in [5.41, 5.74) is 1.31. The molecule has 0 radical (unpaired) electrons. The van der Waals surface area contributed by atoms with Crippen molar-refractivity contribution < 1.29 is 4.43 Å². The first-order valence-electron chi connectivity index (χ1n) is 8.12. The number of hydrogen-bond acceptors (Lipinski definition) is 2. The summed E-state index contributed by atoms with van der Waals surface area (Å²) >= 11 is 0. The van der Waals surface area contributed by atoms with E-state index < -0.39 is 8.32 Å². The Kier molecular flexibility index (Phi) is 7.35. The van der Waals surface area contributed by atoms with Crippen LogP contribution in [0.2, 0.25) is 18.1 Å². The van der Waals surface area contributed by atoms with Gasteiger partial charge in [0.1, 0.15) is 0 Å². The molecule has 0 amide bonds. The van der Waals surface area contributed by atoms with Crippen LogP contribution in [0.4, 0.5) is 0 Å². The molecule has 0 saturated heterocycles. The maximum Gasteiger partial charge on any atom is 0.192 e. The van der Waals surface area contributed by atoms with Gasteiger partial charge in [0.2, 0.25) is 0 Å². The summed E-state index contributed by atoms with van der Waals surface area (Å²) in [6.45, 7) is 13.2. The normalized spacial score (nSPS) is 13.6. The van der Waals surface area contributed by atoms with Crippen molar-refractivity contribution in [3.05, 3.63) is 35.9 Å². The fourth-order valence-corrected chi connectivity index (χ4v) is 3.41. The molecule has 0 spiro atoms. The van der Waals surface area contributed by atoms with Crippen molar-refractivity contribution in [1.29, 1.82) is 0 Å². The molecule has 1 unspecified atom stereocenters. The van der Waals surface area contributed by atoms with Crippen LogP contribution in [0.3, 0.4) is 0 Å². The SMILES string of the molecule is C#CCC(CCNCc1ccccc1)O[Si](C)(C)C(C)(C)C. The standard InChI is InChI=1S/C19H31NOSi/c1-7-11-18(21-22(5,6)19(2,3)4)14-15-20-16-17-12-9-8-10-13-17/h1,8-10,12-13,18,20H,11,14-16H2,2-6H3. The molecule has 0 aliphatic carbocycles. The quantitative estimate of drug-likeness (QED) is 0.430. The fourth-order valence-electron chi connectivity index (χ4n) is 2.02. The second-order valence-electron chi connectivity index (χ2n) is 7.36. The Morgan fingerprint density at radius 1 is 1.23 bits per heavy atom. The third kappa shape index (κ3) is 6.35. The molecule has 0 heterocycles. The predicted molar refractivity (Wildman–Crippen MR) is 98.3 cm³/mol. The van der Waals surface area contributed by atoms with Gasteiger partial charge >= 0.3 is 0 Å². The average Bonchev–Trinajstić information content (AvgIpc) is 2.43. The Labute approximate surface area is 137 Å². The topological polar surface area (TPSA) is 21.3 Å². The van der Waals surface area contributed by atoms with Crippen molar-refractivity contribution in [2.24, 2.45) is 0 Å². The number of rotatable bonds is 8. The van der Waals surface area contributed by atoms with Gasteiger partial charge in [0, 0.05) is 13.0 Å². The van der Waals surface area contributed by atoms with Crippen LogP contribution in [-0.4, -0.2) is 21.0 Å². The lowest BCUT2D eigenvalue weighted by Gasteiger charge is -2.39. The van der Waals surface area contributed by atoms with E-state index in [1.807, 2.05) is 6.07 Å². The van der Waals surface area contributed by atoms with Crippen LogP contribution >= 0.6 is 0 Å². The minimum Gasteiger partial charge on any atom is -0.413 e. The van der Waals surface area contributed by atoms with Crippen LogP contribution in [0.1, 0.15) is 39.2 Å². The van der Waals surface area contributed by atoms with Crippen LogP contribution in [0.15, 0.2) is 30.3 Å². The van der Waals surface area contributed by atoms with E-state index in [2.05, 4.69) is 69.4 Å².